The van der Waals surface area contributed by atoms with Crippen molar-refractivity contribution in [3.05, 3.63) is 41.0 Å². The summed E-state index contributed by atoms with van der Waals surface area (Å²) in [5.41, 5.74) is 14.8. The van der Waals surface area contributed by atoms with Crippen LogP contribution >= 0.6 is 11.8 Å². The molecule has 0 radical (unpaired) electrons. The van der Waals surface area contributed by atoms with E-state index in [-0.39, 0.29) is 11.6 Å². The van der Waals surface area contributed by atoms with Gasteiger partial charge in [-0.05, 0) is 37.5 Å². The molecule has 1 aromatic rings. The molecule has 1 amide bonds. The first-order chi connectivity index (χ1) is 12.6. The number of rotatable bonds is 3. The topological polar surface area (TPSA) is 91.9 Å². The molecule has 2 heterocycles. The van der Waals surface area contributed by atoms with Crippen LogP contribution in [0.4, 0.5) is 11.4 Å². The average molecular weight is 376 g/mol. The molecule has 142 valence electrons. The van der Waals surface area contributed by atoms with Gasteiger partial charge < -0.3 is 11.1 Å². The monoisotopic (exact) mass is 375 g/mol. The van der Waals surface area contributed by atoms with Gasteiger partial charge in [-0.15, -0.1) is 11.8 Å². The van der Waals surface area contributed by atoms with Crippen LogP contribution in [0.2, 0.25) is 0 Å². The number of aliphatic imine (C=N–C) groups is 1. The number of amides is 1. The van der Waals surface area contributed by atoms with Crippen LogP contribution in [0, 0.1) is 0 Å². The van der Waals surface area contributed by atoms with E-state index in [1.54, 1.807) is 11.8 Å². The second kappa shape index (κ2) is 6.99. The SMILES string of the molecule is CC1=CC=C(CNC(=O)C2=NNc3ccc4c(c3C2)SCC(N)=N4)CC1.[HH].[HH].[HH].[HH]. The van der Waals surface area contributed by atoms with Crippen LogP contribution in [0.5, 0.6) is 0 Å². The van der Waals surface area contributed by atoms with E-state index >= 15 is 0 Å². The van der Waals surface area contributed by atoms with Gasteiger partial charge in [0.25, 0.3) is 5.91 Å². The van der Waals surface area contributed by atoms with Crippen LogP contribution in [-0.2, 0) is 11.2 Å². The maximum atomic E-state index is 12.6. The fraction of sp³-hybridized carbons (Fsp3) is 0.316. The molecule has 0 saturated carbocycles. The summed E-state index contributed by atoms with van der Waals surface area (Å²) in [7, 11) is 0. The molecule has 0 atom stereocenters. The fourth-order valence-electron chi connectivity index (χ4n) is 3.17. The summed E-state index contributed by atoms with van der Waals surface area (Å²) in [6.45, 7) is 2.69. The number of allylic oxidation sites excluding steroid dienone is 3. The van der Waals surface area contributed by atoms with Crippen molar-refractivity contribution in [1.82, 2.24) is 5.32 Å². The third-order valence-electron chi connectivity index (χ3n) is 4.71. The van der Waals surface area contributed by atoms with Crippen molar-refractivity contribution in [3.63, 3.8) is 0 Å². The highest BCUT2D eigenvalue weighted by molar-refractivity contribution is 8.00. The summed E-state index contributed by atoms with van der Waals surface area (Å²) in [4.78, 5) is 18.1. The number of fused-ring (bicyclic) bond motifs is 3. The summed E-state index contributed by atoms with van der Waals surface area (Å²) in [6.07, 6.45) is 6.78. The number of carbonyl (C=O) groups is 1. The molecule has 0 fully saturated rings. The van der Waals surface area contributed by atoms with Gasteiger partial charge in [0, 0.05) is 23.6 Å². The normalized spacial score (nSPS) is 18.3. The Labute approximate surface area is 162 Å². The Hall–Kier alpha value is -2.54. The number of benzene rings is 1. The van der Waals surface area contributed by atoms with Crippen molar-refractivity contribution in [2.45, 2.75) is 31.1 Å². The summed E-state index contributed by atoms with van der Waals surface area (Å²) in [5.74, 6) is 1.17. The molecule has 4 rings (SSSR count). The smallest absolute Gasteiger partial charge is 0.268 e. The lowest BCUT2D eigenvalue weighted by Crippen LogP contribution is -2.35. The highest BCUT2D eigenvalue weighted by atomic mass is 32.2. The lowest BCUT2D eigenvalue weighted by atomic mass is 9.99. The number of hydrazone groups is 1. The van der Waals surface area contributed by atoms with E-state index in [2.05, 4.69) is 39.9 Å². The average Bonchev–Trinajstić information content (AvgIpc) is 2.66. The molecule has 26 heavy (non-hydrogen) atoms. The number of hydrogen-bond acceptors (Lipinski definition) is 6. The van der Waals surface area contributed by atoms with Crippen molar-refractivity contribution >= 4 is 40.6 Å². The van der Waals surface area contributed by atoms with E-state index in [9.17, 15) is 4.79 Å². The van der Waals surface area contributed by atoms with Crippen LogP contribution in [0.25, 0.3) is 0 Å². The molecule has 4 N–H and O–H groups in total. The van der Waals surface area contributed by atoms with Gasteiger partial charge in [0.1, 0.15) is 11.5 Å². The second-order valence-corrected chi connectivity index (χ2v) is 7.69. The summed E-state index contributed by atoms with van der Waals surface area (Å²) < 4.78 is 0. The van der Waals surface area contributed by atoms with Crippen LogP contribution in [0.15, 0.2) is 50.4 Å². The Bertz CT molecular complexity index is 914. The predicted octanol–water partition coefficient (Wildman–Crippen LogP) is 3.87. The van der Waals surface area contributed by atoms with Crippen molar-refractivity contribution < 1.29 is 10.5 Å². The largest absolute Gasteiger partial charge is 0.386 e. The van der Waals surface area contributed by atoms with Gasteiger partial charge in [-0.2, -0.15) is 5.10 Å². The van der Waals surface area contributed by atoms with Crippen LogP contribution < -0.4 is 16.5 Å². The molecule has 1 aromatic carbocycles. The van der Waals surface area contributed by atoms with E-state index < -0.39 is 0 Å². The first kappa shape index (κ1) is 16.9. The Morgan fingerprint density at radius 1 is 1.38 bits per heavy atom. The molecule has 1 aliphatic carbocycles. The van der Waals surface area contributed by atoms with Crippen molar-refractivity contribution in [2.24, 2.45) is 15.8 Å². The minimum Gasteiger partial charge on any atom is -0.386 e. The highest BCUT2D eigenvalue weighted by Crippen LogP contribution is 2.41. The Morgan fingerprint density at radius 2 is 2.27 bits per heavy atom. The molecule has 6 nitrogen and oxygen atoms in total. The van der Waals surface area contributed by atoms with Gasteiger partial charge in [-0.25, -0.2) is 4.99 Å². The van der Waals surface area contributed by atoms with Crippen molar-refractivity contribution in [3.8, 4) is 0 Å². The van der Waals surface area contributed by atoms with E-state index in [4.69, 9.17) is 5.73 Å². The molecular weight excluding hydrogens is 346 g/mol. The van der Waals surface area contributed by atoms with Crippen LogP contribution in [0.1, 0.15) is 31.0 Å². The minimum atomic E-state index is -0.128. The number of anilines is 1. The lowest BCUT2D eigenvalue weighted by molar-refractivity contribution is -0.114. The van der Waals surface area contributed by atoms with Gasteiger partial charge in [-0.1, -0.05) is 23.3 Å². The third kappa shape index (κ3) is 3.39. The first-order valence-corrected chi connectivity index (χ1v) is 9.66. The Kier molecular flexibility index (Phi) is 4.55. The zero-order chi connectivity index (χ0) is 18.1. The number of nitrogens with one attached hydrogen (secondary N) is 2. The van der Waals surface area contributed by atoms with Crippen molar-refractivity contribution in [2.75, 3.05) is 17.7 Å². The summed E-state index contributed by atoms with van der Waals surface area (Å²) in [5, 5.41) is 7.26. The summed E-state index contributed by atoms with van der Waals surface area (Å²) in [6, 6.07) is 3.88. The quantitative estimate of drug-likeness (QED) is 0.748. The lowest BCUT2D eigenvalue weighted by Gasteiger charge is -2.23. The molecule has 0 spiro atoms. The molecule has 0 bridgehead atoms. The number of carbonyl (C=O) groups excluding carboxylic acids is 1. The minimum absolute atomic E-state index is 0. The first-order valence-electron chi connectivity index (χ1n) is 8.68. The standard InChI is InChI=1S/C19H21N5OS.4H2/c1-11-2-4-12(5-3-11)9-21-19(25)16-8-13-14(23-24-16)6-7-15-18(13)26-10-17(20)22-15;;;;/h2,4,6-7,23H,3,5,8-10H2,1H3,(H2,20,22)(H,21,25);4*1H. The Morgan fingerprint density at radius 3 is 3.08 bits per heavy atom. The summed E-state index contributed by atoms with van der Waals surface area (Å²) >= 11 is 1.66. The van der Waals surface area contributed by atoms with Crippen molar-refractivity contribution in [1.29, 1.82) is 0 Å². The molecule has 7 heteroatoms. The second-order valence-electron chi connectivity index (χ2n) is 6.70. The highest BCUT2D eigenvalue weighted by Gasteiger charge is 2.24. The van der Waals surface area contributed by atoms with E-state index in [1.807, 2.05) is 12.1 Å². The number of nitrogens with two attached hydrogens (primary N) is 1. The number of hydrogen-bond donors (Lipinski definition) is 3. The zero-order valence-corrected chi connectivity index (χ0v) is 15.4. The molecule has 2 aliphatic heterocycles. The fourth-order valence-corrected chi connectivity index (χ4v) is 4.15. The molecule has 3 aliphatic rings. The number of amidine groups is 1. The van der Waals surface area contributed by atoms with Crippen LogP contribution in [0.3, 0.4) is 0 Å². The van der Waals surface area contributed by atoms with Gasteiger partial charge in [0.05, 0.1) is 17.1 Å². The Balaban J connectivity index is 0.00000210. The maximum Gasteiger partial charge on any atom is 0.268 e. The van der Waals surface area contributed by atoms with E-state index in [0.717, 1.165) is 34.7 Å². The van der Waals surface area contributed by atoms with Gasteiger partial charge in [0.2, 0.25) is 0 Å². The zero-order valence-electron chi connectivity index (χ0n) is 14.6. The van der Waals surface area contributed by atoms with Gasteiger partial charge in [-0.3, -0.25) is 10.2 Å². The predicted molar refractivity (Wildman–Crippen MR) is 116 cm³/mol. The maximum absolute atomic E-state index is 12.6. The molecule has 0 aromatic heterocycles. The molecule has 0 saturated heterocycles. The van der Waals surface area contributed by atoms with E-state index in [1.165, 1.54) is 11.1 Å². The van der Waals surface area contributed by atoms with Crippen LogP contribution in [-0.4, -0.2) is 29.8 Å². The molecular formula is C19H29N5OS. The third-order valence-corrected chi connectivity index (χ3v) is 5.89. The van der Waals surface area contributed by atoms with Gasteiger partial charge >= 0.3 is 0 Å². The molecule has 0 unspecified atom stereocenters. The van der Waals surface area contributed by atoms with Gasteiger partial charge in [0.15, 0.2) is 0 Å². The number of nitrogens with zero attached hydrogens (tertiary/aromatic N) is 2. The number of thioether (sulfide) groups is 1. The van der Waals surface area contributed by atoms with E-state index in [0.29, 0.717) is 30.3 Å².